The van der Waals surface area contributed by atoms with E-state index < -0.39 is 0 Å². The highest BCUT2D eigenvalue weighted by atomic mass is 35.5. The molecule has 2 nitrogen and oxygen atoms in total. The van der Waals surface area contributed by atoms with Gasteiger partial charge in [-0.2, -0.15) is 0 Å². The second kappa shape index (κ2) is 6.87. The van der Waals surface area contributed by atoms with Crippen molar-refractivity contribution < 1.29 is 4.74 Å². The summed E-state index contributed by atoms with van der Waals surface area (Å²) in [7, 11) is 0. The zero-order valence-electron chi connectivity index (χ0n) is 11.5. The lowest BCUT2D eigenvalue weighted by Gasteiger charge is -2.12. The van der Waals surface area contributed by atoms with Crippen LogP contribution in [0.4, 0.5) is 5.69 Å². The first-order valence-corrected chi connectivity index (χ1v) is 7.25. The molecule has 0 atom stereocenters. The minimum atomic E-state index is 0.167. The van der Waals surface area contributed by atoms with Gasteiger partial charge in [0.15, 0.2) is 0 Å². The first-order valence-electron chi connectivity index (χ1n) is 6.49. The third kappa shape index (κ3) is 4.06. The van der Waals surface area contributed by atoms with Gasteiger partial charge in [-0.1, -0.05) is 41.4 Å². The highest BCUT2D eigenvalue weighted by Crippen LogP contribution is 2.30. The summed E-state index contributed by atoms with van der Waals surface area (Å²) in [6.45, 7) is 4.68. The number of hydrogen-bond donors (Lipinski definition) is 1. The maximum atomic E-state index is 6.14. The summed E-state index contributed by atoms with van der Waals surface area (Å²) >= 11 is 12.1. The molecule has 0 bridgehead atoms. The zero-order chi connectivity index (χ0) is 14.5. The molecule has 0 radical (unpaired) electrons. The van der Waals surface area contributed by atoms with Crippen molar-refractivity contribution in [1.29, 1.82) is 0 Å². The van der Waals surface area contributed by atoms with Crippen molar-refractivity contribution in [2.45, 2.75) is 26.5 Å². The van der Waals surface area contributed by atoms with Crippen LogP contribution in [0.1, 0.15) is 19.4 Å². The molecule has 4 heteroatoms. The molecule has 0 amide bonds. The summed E-state index contributed by atoms with van der Waals surface area (Å²) in [4.78, 5) is 0. The summed E-state index contributed by atoms with van der Waals surface area (Å²) in [6, 6.07) is 13.5. The number of anilines is 1. The fraction of sp³-hybridized carbons (Fsp3) is 0.250. The molecule has 1 N–H and O–H groups in total. The quantitative estimate of drug-likeness (QED) is 0.799. The summed E-state index contributed by atoms with van der Waals surface area (Å²) in [5, 5.41) is 4.37. The smallest absolute Gasteiger partial charge is 0.120 e. The monoisotopic (exact) mass is 309 g/mol. The van der Waals surface area contributed by atoms with Crippen LogP contribution in [0.15, 0.2) is 42.5 Å². The predicted octanol–water partition coefficient (Wildman–Crippen LogP) is 5.39. The van der Waals surface area contributed by atoms with Crippen molar-refractivity contribution in [3.8, 4) is 5.75 Å². The van der Waals surface area contributed by atoms with Crippen molar-refractivity contribution in [1.82, 2.24) is 0 Å². The Morgan fingerprint density at radius 1 is 1.10 bits per heavy atom. The van der Waals surface area contributed by atoms with Gasteiger partial charge in [-0.3, -0.25) is 0 Å². The number of benzene rings is 2. The Morgan fingerprint density at radius 2 is 1.85 bits per heavy atom. The lowest BCUT2D eigenvalue weighted by molar-refractivity contribution is 0.242. The topological polar surface area (TPSA) is 21.3 Å². The van der Waals surface area contributed by atoms with Crippen LogP contribution < -0.4 is 10.1 Å². The predicted molar refractivity (Wildman–Crippen MR) is 86.0 cm³/mol. The van der Waals surface area contributed by atoms with Crippen molar-refractivity contribution in [2.24, 2.45) is 0 Å². The van der Waals surface area contributed by atoms with Crippen LogP contribution in [-0.2, 0) is 6.54 Å². The molecule has 0 aliphatic carbocycles. The van der Waals surface area contributed by atoms with Gasteiger partial charge in [0.1, 0.15) is 5.75 Å². The van der Waals surface area contributed by atoms with Gasteiger partial charge in [0.05, 0.1) is 21.8 Å². The van der Waals surface area contributed by atoms with Crippen LogP contribution in [0, 0.1) is 0 Å². The molecule has 0 aromatic heterocycles. The minimum absolute atomic E-state index is 0.167. The molecule has 0 saturated heterocycles. The molecule has 0 heterocycles. The molecule has 0 aliphatic rings. The van der Waals surface area contributed by atoms with Gasteiger partial charge in [0, 0.05) is 6.54 Å². The average molecular weight is 310 g/mol. The van der Waals surface area contributed by atoms with Gasteiger partial charge in [-0.25, -0.2) is 0 Å². The van der Waals surface area contributed by atoms with E-state index in [4.69, 9.17) is 27.9 Å². The molecule has 2 aromatic carbocycles. The molecule has 0 spiro atoms. The molecule has 2 aromatic rings. The van der Waals surface area contributed by atoms with Crippen molar-refractivity contribution in [3.63, 3.8) is 0 Å². The molecule has 0 aliphatic heterocycles. The lowest BCUT2D eigenvalue weighted by atomic mass is 10.2. The van der Waals surface area contributed by atoms with Crippen LogP contribution in [0.25, 0.3) is 0 Å². The van der Waals surface area contributed by atoms with E-state index in [-0.39, 0.29) is 6.10 Å². The lowest BCUT2D eigenvalue weighted by Crippen LogP contribution is -2.06. The highest BCUT2D eigenvalue weighted by Gasteiger charge is 2.04. The van der Waals surface area contributed by atoms with Gasteiger partial charge >= 0.3 is 0 Å². The number of halogens is 2. The van der Waals surface area contributed by atoms with Gasteiger partial charge in [-0.05, 0) is 43.7 Å². The molecule has 106 valence electrons. The number of rotatable bonds is 5. The molecule has 0 saturated carbocycles. The van der Waals surface area contributed by atoms with Gasteiger partial charge in [-0.15, -0.1) is 0 Å². The fourth-order valence-electron chi connectivity index (χ4n) is 1.84. The van der Waals surface area contributed by atoms with E-state index in [2.05, 4.69) is 5.32 Å². The van der Waals surface area contributed by atoms with E-state index in [9.17, 15) is 0 Å². The normalized spacial score (nSPS) is 10.7. The molecule has 0 fully saturated rings. The standard InChI is InChI=1S/C16H17Cl2NO/c1-11(2)20-13-6-3-5-12(9-13)10-19-15-8-4-7-14(17)16(15)18/h3-9,11,19H,10H2,1-2H3. The van der Waals surface area contributed by atoms with Crippen LogP contribution in [-0.4, -0.2) is 6.10 Å². The van der Waals surface area contributed by atoms with Gasteiger partial charge in [0.25, 0.3) is 0 Å². The second-order valence-electron chi connectivity index (χ2n) is 4.77. The van der Waals surface area contributed by atoms with Crippen molar-refractivity contribution in [3.05, 3.63) is 58.1 Å². The molecule has 2 rings (SSSR count). The van der Waals surface area contributed by atoms with Gasteiger partial charge < -0.3 is 10.1 Å². The largest absolute Gasteiger partial charge is 0.491 e. The number of nitrogens with one attached hydrogen (secondary N) is 1. The molecule has 0 unspecified atom stereocenters. The Labute approximate surface area is 129 Å². The van der Waals surface area contributed by atoms with Crippen LogP contribution in [0.2, 0.25) is 10.0 Å². The summed E-state index contributed by atoms with van der Waals surface area (Å²) in [6.07, 6.45) is 0.167. The SMILES string of the molecule is CC(C)Oc1cccc(CNc2cccc(Cl)c2Cl)c1. The van der Waals surface area contributed by atoms with E-state index in [0.29, 0.717) is 16.6 Å². The Morgan fingerprint density at radius 3 is 2.60 bits per heavy atom. The first-order chi connectivity index (χ1) is 9.56. The third-order valence-corrected chi connectivity index (χ3v) is 3.52. The molecular formula is C16H17Cl2NO. The van der Waals surface area contributed by atoms with Crippen LogP contribution in [0.3, 0.4) is 0 Å². The van der Waals surface area contributed by atoms with E-state index >= 15 is 0 Å². The van der Waals surface area contributed by atoms with E-state index in [1.807, 2.05) is 50.2 Å². The Bertz CT molecular complexity index is 584. The highest BCUT2D eigenvalue weighted by molar-refractivity contribution is 6.43. The maximum absolute atomic E-state index is 6.14. The average Bonchev–Trinajstić information content (AvgIpc) is 2.40. The Balaban J connectivity index is 2.05. The van der Waals surface area contributed by atoms with Crippen molar-refractivity contribution >= 4 is 28.9 Å². The molecule has 20 heavy (non-hydrogen) atoms. The first kappa shape index (κ1) is 15.0. The summed E-state index contributed by atoms with van der Waals surface area (Å²) < 4.78 is 5.67. The summed E-state index contributed by atoms with van der Waals surface area (Å²) in [5.41, 5.74) is 1.95. The molecular weight excluding hydrogens is 293 g/mol. The van der Waals surface area contributed by atoms with E-state index in [1.54, 1.807) is 6.07 Å². The third-order valence-electron chi connectivity index (χ3n) is 2.70. The Kier molecular flexibility index (Phi) is 5.16. The second-order valence-corrected chi connectivity index (χ2v) is 5.55. The Hall–Kier alpha value is -1.38. The number of hydrogen-bond acceptors (Lipinski definition) is 2. The maximum Gasteiger partial charge on any atom is 0.120 e. The zero-order valence-corrected chi connectivity index (χ0v) is 13.0. The van der Waals surface area contributed by atoms with Gasteiger partial charge in [0.2, 0.25) is 0 Å². The van der Waals surface area contributed by atoms with Crippen LogP contribution >= 0.6 is 23.2 Å². The van der Waals surface area contributed by atoms with E-state index in [0.717, 1.165) is 17.0 Å². The van der Waals surface area contributed by atoms with E-state index in [1.165, 1.54) is 0 Å². The summed E-state index contributed by atoms with van der Waals surface area (Å²) in [5.74, 6) is 0.872. The van der Waals surface area contributed by atoms with Crippen molar-refractivity contribution in [2.75, 3.05) is 5.32 Å². The van der Waals surface area contributed by atoms with Crippen LogP contribution in [0.5, 0.6) is 5.75 Å². The number of ether oxygens (including phenoxy) is 1. The minimum Gasteiger partial charge on any atom is -0.491 e. The fourth-order valence-corrected chi connectivity index (χ4v) is 2.21.